The van der Waals surface area contributed by atoms with E-state index < -0.39 is 26.6 Å². The molecule has 0 spiro atoms. The molecule has 3 unspecified atom stereocenters. The van der Waals surface area contributed by atoms with Crippen molar-refractivity contribution in [3.05, 3.63) is 146 Å². The fourth-order valence-electron chi connectivity index (χ4n) is 9.10. The number of amides is 1. The Bertz CT molecular complexity index is 1860. The van der Waals surface area contributed by atoms with Crippen LogP contribution in [0.1, 0.15) is 264 Å². The molecule has 474 valence electrons. The molecule has 0 heterocycles. The van der Waals surface area contributed by atoms with Gasteiger partial charge in [-0.15, -0.1) is 0 Å². The topological polar surface area (TPSA) is 108 Å². The van der Waals surface area contributed by atoms with Gasteiger partial charge in [0.2, 0.25) is 5.91 Å². The van der Waals surface area contributed by atoms with Gasteiger partial charge in [-0.2, -0.15) is 0 Å². The summed E-state index contributed by atoms with van der Waals surface area (Å²) in [5, 5.41) is 13.9. The first kappa shape index (κ1) is 79.4. The van der Waals surface area contributed by atoms with Crippen LogP contribution < -0.4 is 10.2 Å². The van der Waals surface area contributed by atoms with Gasteiger partial charge in [0.05, 0.1) is 39.9 Å². The molecule has 0 rings (SSSR count). The van der Waals surface area contributed by atoms with Crippen molar-refractivity contribution < 1.29 is 32.9 Å². The van der Waals surface area contributed by atoms with Crippen molar-refractivity contribution in [1.29, 1.82) is 0 Å². The number of likely N-dealkylation sites (N-methyl/N-ethyl adjacent to an activating group) is 1. The van der Waals surface area contributed by atoms with Crippen LogP contribution in [0.4, 0.5) is 0 Å². The summed E-state index contributed by atoms with van der Waals surface area (Å²) in [6, 6.07) is -0.909. The third kappa shape index (κ3) is 65.8. The molecule has 0 aromatic carbocycles. The van der Waals surface area contributed by atoms with E-state index in [1.807, 2.05) is 27.2 Å². The predicted molar refractivity (Wildman–Crippen MR) is 361 cm³/mol. The first-order valence-electron chi connectivity index (χ1n) is 33.7. The molecule has 8 nitrogen and oxygen atoms in total. The number of phosphoric acid groups is 1. The smallest absolute Gasteiger partial charge is 0.268 e. The Labute approximate surface area is 512 Å². The molecule has 0 aliphatic carbocycles. The van der Waals surface area contributed by atoms with Gasteiger partial charge in [0, 0.05) is 6.42 Å². The van der Waals surface area contributed by atoms with E-state index in [9.17, 15) is 19.4 Å². The van der Waals surface area contributed by atoms with Crippen LogP contribution in [0.2, 0.25) is 0 Å². The van der Waals surface area contributed by atoms with Gasteiger partial charge < -0.3 is 28.8 Å². The average Bonchev–Trinajstić information content (AvgIpc) is 3.50. The highest BCUT2D eigenvalue weighted by Gasteiger charge is 2.23. The number of carbonyl (C=O) groups excluding carboxylic acids is 1. The quantitative estimate of drug-likeness (QED) is 0.0272. The second-order valence-electron chi connectivity index (χ2n) is 23.4. The summed E-state index contributed by atoms with van der Waals surface area (Å²) in [5.41, 5.74) is 0. The number of hydrogen-bond donors (Lipinski definition) is 2. The lowest BCUT2D eigenvalue weighted by Crippen LogP contribution is -2.45. The zero-order valence-corrected chi connectivity index (χ0v) is 55.0. The minimum Gasteiger partial charge on any atom is -0.756 e. The molecule has 0 radical (unpaired) electrons. The lowest BCUT2D eigenvalue weighted by Gasteiger charge is -2.29. The van der Waals surface area contributed by atoms with E-state index in [4.69, 9.17) is 9.05 Å². The summed E-state index contributed by atoms with van der Waals surface area (Å²) >= 11 is 0. The van der Waals surface area contributed by atoms with E-state index in [0.717, 1.165) is 128 Å². The van der Waals surface area contributed by atoms with Crippen molar-refractivity contribution in [3.8, 4) is 0 Å². The number of aliphatic hydroxyl groups is 1. The standard InChI is InChI=1S/C74H127N2O6P/c1-6-8-10-12-14-16-18-20-22-24-26-28-30-31-32-33-34-35-36-37-38-39-40-41-42-43-44-45-46-48-50-52-54-56-58-60-62-64-66-68-74(78)75-72(71-82-83(79,80)81-70-69-76(3,4)5)73(77)67-65-63-61-59-57-55-53-51-49-47-29-27-25-23-21-19-17-15-13-11-9-7-2/h8,10,14,16,20,22,26,28,31-32,34-35,37-38,40-41,43-44,46,48,52,54,65,67,72-73,77H,6-7,9,11-13,15,17-19,21,23-25,27,29-30,33,36,39,42,45,47,49-51,53,55-64,66,68-71H2,1-5H3,(H-,75,78,79,80)/b10-8-,16-14-,22-20-,28-26-,32-31-,35-34-,38-37-,41-40-,44-43-,48-46-,54-52-,67-65+. The molecular formula is C74H127N2O6P. The summed E-state index contributed by atoms with van der Waals surface area (Å²) in [4.78, 5) is 25.6. The number of hydrogen-bond acceptors (Lipinski definition) is 6. The Morgan fingerprint density at radius 2 is 0.735 bits per heavy atom. The van der Waals surface area contributed by atoms with Gasteiger partial charge in [0.15, 0.2) is 0 Å². The van der Waals surface area contributed by atoms with Crippen LogP contribution in [0.15, 0.2) is 146 Å². The van der Waals surface area contributed by atoms with Crippen molar-refractivity contribution in [2.45, 2.75) is 276 Å². The largest absolute Gasteiger partial charge is 0.756 e. The fourth-order valence-corrected chi connectivity index (χ4v) is 9.82. The van der Waals surface area contributed by atoms with Crippen molar-refractivity contribution in [2.75, 3.05) is 40.9 Å². The molecule has 0 aromatic rings. The molecule has 0 saturated heterocycles. The fraction of sp³-hybridized carbons (Fsp3) is 0.662. The lowest BCUT2D eigenvalue weighted by atomic mass is 10.0. The van der Waals surface area contributed by atoms with Gasteiger partial charge in [-0.3, -0.25) is 9.36 Å². The molecule has 2 N–H and O–H groups in total. The Morgan fingerprint density at radius 1 is 0.434 bits per heavy atom. The van der Waals surface area contributed by atoms with E-state index in [-0.39, 0.29) is 12.5 Å². The molecule has 0 fully saturated rings. The highest BCUT2D eigenvalue weighted by Crippen LogP contribution is 2.38. The van der Waals surface area contributed by atoms with Crippen LogP contribution >= 0.6 is 7.82 Å². The summed E-state index contributed by atoms with van der Waals surface area (Å²) in [6.45, 7) is 4.53. The number of nitrogens with zero attached hydrogens (tertiary/aromatic N) is 1. The molecule has 0 aliphatic rings. The predicted octanol–water partition coefficient (Wildman–Crippen LogP) is 21.0. The van der Waals surface area contributed by atoms with Gasteiger partial charge in [0.25, 0.3) is 7.82 Å². The first-order chi connectivity index (χ1) is 40.5. The van der Waals surface area contributed by atoms with E-state index in [0.29, 0.717) is 17.4 Å². The minimum absolute atomic E-state index is 0.0122. The highest BCUT2D eigenvalue weighted by atomic mass is 31.2. The molecule has 0 saturated carbocycles. The Kier molecular flexibility index (Phi) is 60.2. The third-order valence-electron chi connectivity index (χ3n) is 14.3. The second kappa shape index (κ2) is 62.9. The summed E-state index contributed by atoms with van der Waals surface area (Å²) in [5.74, 6) is -0.220. The zero-order chi connectivity index (χ0) is 60.5. The van der Waals surface area contributed by atoms with Crippen LogP contribution in [-0.4, -0.2) is 68.5 Å². The van der Waals surface area contributed by atoms with E-state index in [1.54, 1.807) is 6.08 Å². The molecule has 83 heavy (non-hydrogen) atoms. The maximum Gasteiger partial charge on any atom is 0.268 e. The minimum atomic E-state index is -4.62. The van der Waals surface area contributed by atoms with Crippen LogP contribution in [-0.2, 0) is 18.4 Å². The number of rotatable bonds is 60. The lowest BCUT2D eigenvalue weighted by molar-refractivity contribution is -0.870. The van der Waals surface area contributed by atoms with Crippen LogP contribution in [0.5, 0.6) is 0 Å². The molecule has 0 aromatic heterocycles. The summed E-state index contributed by atoms with van der Waals surface area (Å²) in [7, 11) is 1.23. The summed E-state index contributed by atoms with van der Waals surface area (Å²) in [6.07, 6.45) is 96.6. The summed E-state index contributed by atoms with van der Waals surface area (Å²) < 4.78 is 23.4. The zero-order valence-electron chi connectivity index (χ0n) is 54.1. The van der Waals surface area contributed by atoms with Crippen molar-refractivity contribution in [3.63, 3.8) is 0 Å². The molecule has 1 amide bonds. The Balaban J connectivity index is 4.21. The van der Waals surface area contributed by atoms with Gasteiger partial charge >= 0.3 is 0 Å². The number of unbranched alkanes of at least 4 members (excludes halogenated alkanes) is 25. The maximum absolute atomic E-state index is 13.0. The van der Waals surface area contributed by atoms with Gasteiger partial charge in [0.1, 0.15) is 13.2 Å². The van der Waals surface area contributed by atoms with E-state index in [1.165, 1.54) is 116 Å². The second-order valence-corrected chi connectivity index (χ2v) is 24.9. The van der Waals surface area contributed by atoms with Crippen molar-refractivity contribution >= 4 is 13.7 Å². The van der Waals surface area contributed by atoms with Crippen LogP contribution in [0.25, 0.3) is 0 Å². The number of nitrogens with one attached hydrogen (secondary N) is 1. The van der Waals surface area contributed by atoms with Gasteiger partial charge in [-0.25, -0.2) is 0 Å². The molecule has 0 aliphatic heterocycles. The highest BCUT2D eigenvalue weighted by molar-refractivity contribution is 7.45. The van der Waals surface area contributed by atoms with E-state index >= 15 is 0 Å². The Hall–Kier alpha value is -3.62. The van der Waals surface area contributed by atoms with Crippen molar-refractivity contribution in [1.82, 2.24) is 5.32 Å². The SMILES string of the molecule is CC/C=C\C/C=C\C/C=C\C/C=C\C/C=C\C/C=C\C/C=C\C/C=C\C/C=C\C/C=C\C/C=C\CCCCCCCC(=O)NC(COP(=O)([O-])OCC[N+](C)(C)C)C(O)/C=C/CCCCCCCCCCCCCCCCCCCCCC. The molecule has 3 atom stereocenters. The van der Waals surface area contributed by atoms with Crippen LogP contribution in [0, 0.1) is 0 Å². The average molecular weight is 1170 g/mol. The van der Waals surface area contributed by atoms with Crippen LogP contribution in [0.3, 0.4) is 0 Å². The molecule has 9 heteroatoms. The number of phosphoric ester groups is 1. The van der Waals surface area contributed by atoms with E-state index in [2.05, 4.69) is 153 Å². The normalized spacial score (nSPS) is 14.6. The maximum atomic E-state index is 13.0. The van der Waals surface area contributed by atoms with Crippen molar-refractivity contribution in [2.24, 2.45) is 0 Å². The first-order valence-corrected chi connectivity index (χ1v) is 35.2. The Morgan fingerprint density at radius 3 is 1.07 bits per heavy atom. The number of carbonyl (C=O) groups is 1. The monoisotopic (exact) mass is 1170 g/mol. The third-order valence-corrected chi connectivity index (χ3v) is 15.3. The number of quaternary nitrogens is 1. The molecular weight excluding hydrogens is 1040 g/mol. The molecule has 0 bridgehead atoms. The number of aliphatic hydroxyl groups excluding tert-OH is 1. The number of allylic oxidation sites excluding steroid dienone is 23. The van der Waals surface area contributed by atoms with Gasteiger partial charge in [-0.1, -0.05) is 301 Å². The van der Waals surface area contributed by atoms with Gasteiger partial charge in [-0.05, 0) is 103 Å².